The van der Waals surface area contributed by atoms with Gasteiger partial charge in [-0.2, -0.15) is 34.8 Å². The number of ketones is 2. The maximum Gasteiger partial charge on any atom is 0.449 e. The van der Waals surface area contributed by atoms with Crippen molar-refractivity contribution in [1.82, 2.24) is 4.72 Å². The number of carbonyl (C=O) groups is 2. The Balaban J connectivity index is 3.50. The van der Waals surface area contributed by atoms with Crippen molar-refractivity contribution in [3.05, 3.63) is 35.6 Å². The van der Waals surface area contributed by atoms with E-state index in [9.17, 15) is 57.9 Å². The minimum absolute atomic E-state index is 0.386. The number of benzene rings is 1. The number of nitrogens with one attached hydrogen (secondary N) is 1. The summed E-state index contributed by atoms with van der Waals surface area (Å²) in [5.74, 6) is -21.0. The fourth-order valence-corrected chi connectivity index (χ4v) is 3.84. The molecule has 0 heterocycles. The Hall–Kier alpha value is -2.66. The minimum atomic E-state index is -6.94. The number of sulfonamides is 1. The molecule has 0 atom stereocenters. The number of alkyl halides is 6. The standard InChI is InChI=1S/C16H15F6NO8S2/c1-8(24)12(9(2)25)13(26)14(17,18)15(19,20)16(21,22)33(29,30)31-10-4-6-11(7-5-10)32(27,28)23-3/h4-7,23,26H,1-3H3. The summed E-state index contributed by atoms with van der Waals surface area (Å²) in [4.78, 5) is 21.9. The van der Waals surface area contributed by atoms with E-state index in [0.717, 1.165) is 7.05 Å². The first kappa shape index (κ1) is 28.4. The Morgan fingerprint density at radius 2 is 1.33 bits per heavy atom. The van der Waals surface area contributed by atoms with Crippen LogP contribution in [0.1, 0.15) is 13.8 Å². The molecule has 0 amide bonds. The summed E-state index contributed by atoms with van der Waals surface area (Å²) >= 11 is 0. The molecule has 0 aliphatic heterocycles. The molecule has 186 valence electrons. The minimum Gasteiger partial charge on any atom is -0.506 e. The van der Waals surface area contributed by atoms with Gasteiger partial charge in [0.1, 0.15) is 11.3 Å². The lowest BCUT2D eigenvalue weighted by molar-refractivity contribution is -0.274. The lowest BCUT2D eigenvalue weighted by Gasteiger charge is -2.31. The van der Waals surface area contributed by atoms with Gasteiger partial charge in [0.05, 0.1) is 4.90 Å². The number of aliphatic hydroxyl groups excluding tert-OH is 1. The zero-order chi connectivity index (χ0) is 26.2. The Morgan fingerprint density at radius 3 is 1.70 bits per heavy atom. The Labute approximate surface area is 183 Å². The number of rotatable bonds is 10. The van der Waals surface area contributed by atoms with Crippen LogP contribution in [0.15, 0.2) is 40.5 Å². The van der Waals surface area contributed by atoms with Gasteiger partial charge in [-0.05, 0) is 45.2 Å². The normalized spacial score (nSPS) is 13.4. The number of hydrogen-bond acceptors (Lipinski definition) is 8. The number of aliphatic hydroxyl groups is 1. The Morgan fingerprint density at radius 1 is 0.909 bits per heavy atom. The molecule has 0 saturated carbocycles. The summed E-state index contributed by atoms with van der Waals surface area (Å²) in [7, 11) is -10.0. The molecule has 0 saturated heterocycles. The average Bonchev–Trinajstić information content (AvgIpc) is 2.66. The third kappa shape index (κ3) is 4.98. The highest BCUT2D eigenvalue weighted by atomic mass is 32.2. The SMILES string of the molecule is CNS(=O)(=O)c1ccc(OS(=O)(=O)C(F)(F)C(F)(F)C(F)(F)C(O)=C(C(C)=O)C(C)=O)cc1. The van der Waals surface area contributed by atoms with Crippen LogP contribution in [0, 0.1) is 0 Å². The molecule has 2 N–H and O–H groups in total. The summed E-state index contributed by atoms with van der Waals surface area (Å²) < 4.78 is 137. The molecule has 33 heavy (non-hydrogen) atoms. The molecular weight excluding hydrogens is 512 g/mol. The topological polar surface area (TPSA) is 144 Å². The van der Waals surface area contributed by atoms with E-state index in [1.807, 2.05) is 4.72 Å². The Kier molecular flexibility index (Phi) is 7.69. The predicted molar refractivity (Wildman–Crippen MR) is 98.1 cm³/mol. The van der Waals surface area contributed by atoms with Crippen molar-refractivity contribution >= 4 is 31.7 Å². The van der Waals surface area contributed by atoms with Gasteiger partial charge in [0.25, 0.3) is 0 Å². The summed E-state index contributed by atoms with van der Waals surface area (Å²) in [5, 5.41) is 2.61. The van der Waals surface area contributed by atoms with E-state index in [4.69, 9.17) is 0 Å². The van der Waals surface area contributed by atoms with E-state index in [0.29, 0.717) is 38.1 Å². The van der Waals surface area contributed by atoms with Crippen molar-refractivity contribution < 1.29 is 62.1 Å². The third-order valence-electron chi connectivity index (χ3n) is 3.92. The highest BCUT2D eigenvalue weighted by Crippen LogP contribution is 2.51. The molecule has 0 aliphatic carbocycles. The van der Waals surface area contributed by atoms with Crippen LogP contribution in [0.25, 0.3) is 0 Å². The molecular formula is C16H15F6NO8S2. The Bertz CT molecular complexity index is 1180. The molecule has 9 nitrogen and oxygen atoms in total. The molecule has 1 rings (SSSR count). The largest absolute Gasteiger partial charge is 0.506 e. The van der Waals surface area contributed by atoms with Gasteiger partial charge in [-0.25, -0.2) is 13.1 Å². The lowest BCUT2D eigenvalue weighted by Crippen LogP contribution is -2.59. The number of halogens is 6. The van der Waals surface area contributed by atoms with Crippen LogP contribution in [0.2, 0.25) is 0 Å². The molecule has 0 radical (unpaired) electrons. The number of Topliss-reactive ketones (excluding diaryl/α,β-unsaturated/α-hetero) is 2. The van der Waals surface area contributed by atoms with Crippen molar-refractivity contribution in [2.24, 2.45) is 0 Å². The molecule has 1 aromatic rings. The number of hydrogen-bond donors (Lipinski definition) is 2. The van der Waals surface area contributed by atoms with E-state index in [1.54, 1.807) is 0 Å². The zero-order valence-corrected chi connectivity index (χ0v) is 18.3. The summed E-state index contributed by atoms with van der Waals surface area (Å²) in [6.07, 6.45) is 0. The fourth-order valence-electron chi connectivity index (χ4n) is 2.20. The van der Waals surface area contributed by atoms with E-state index in [2.05, 4.69) is 4.18 Å². The molecule has 1 aromatic carbocycles. The smallest absolute Gasteiger partial charge is 0.449 e. The zero-order valence-electron chi connectivity index (χ0n) is 16.7. The molecule has 0 fully saturated rings. The van der Waals surface area contributed by atoms with E-state index >= 15 is 0 Å². The van der Waals surface area contributed by atoms with Gasteiger partial charge in [-0.3, -0.25) is 9.59 Å². The third-order valence-corrected chi connectivity index (χ3v) is 6.65. The van der Waals surface area contributed by atoms with Crippen LogP contribution in [0.4, 0.5) is 26.3 Å². The molecule has 17 heteroatoms. The van der Waals surface area contributed by atoms with Gasteiger partial charge >= 0.3 is 27.2 Å². The van der Waals surface area contributed by atoms with Crippen LogP contribution < -0.4 is 8.91 Å². The molecule has 0 bridgehead atoms. The monoisotopic (exact) mass is 527 g/mol. The van der Waals surface area contributed by atoms with Crippen molar-refractivity contribution in [3.63, 3.8) is 0 Å². The highest BCUT2D eigenvalue weighted by Gasteiger charge is 2.80. The summed E-state index contributed by atoms with van der Waals surface area (Å²) in [6.45, 7) is 0.772. The van der Waals surface area contributed by atoms with Crippen molar-refractivity contribution in [2.45, 2.75) is 35.8 Å². The van der Waals surface area contributed by atoms with Crippen molar-refractivity contribution in [3.8, 4) is 5.75 Å². The first-order valence-corrected chi connectivity index (χ1v) is 11.1. The van der Waals surface area contributed by atoms with Gasteiger partial charge in [0.2, 0.25) is 10.0 Å². The number of carbonyl (C=O) groups excluding carboxylic acids is 2. The van der Waals surface area contributed by atoms with Crippen molar-refractivity contribution in [1.29, 1.82) is 0 Å². The highest BCUT2D eigenvalue weighted by molar-refractivity contribution is 7.89. The van der Waals surface area contributed by atoms with Gasteiger partial charge < -0.3 is 9.29 Å². The predicted octanol–water partition coefficient (Wildman–Crippen LogP) is 2.16. The van der Waals surface area contributed by atoms with Crippen LogP contribution >= 0.6 is 0 Å². The summed E-state index contributed by atoms with van der Waals surface area (Å²) in [6, 6.07) is 2.16. The molecule has 0 aliphatic rings. The van der Waals surface area contributed by atoms with Crippen LogP contribution in [-0.2, 0) is 29.7 Å². The van der Waals surface area contributed by atoms with Gasteiger partial charge in [-0.1, -0.05) is 0 Å². The quantitative estimate of drug-likeness (QED) is 0.118. The second-order valence-electron chi connectivity index (χ2n) is 6.22. The molecule has 0 aromatic heterocycles. The second kappa shape index (κ2) is 8.94. The van der Waals surface area contributed by atoms with Crippen LogP contribution in [-0.4, -0.2) is 57.7 Å². The second-order valence-corrected chi connectivity index (χ2v) is 9.69. The first-order valence-electron chi connectivity index (χ1n) is 8.24. The van der Waals surface area contributed by atoms with Crippen LogP contribution in [0.5, 0.6) is 5.75 Å². The maximum atomic E-state index is 14.2. The lowest BCUT2D eigenvalue weighted by atomic mass is 10.0. The van der Waals surface area contributed by atoms with Gasteiger partial charge in [0.15, 0.2) is 17.3 Å². The van der Waals surface area contributed by atoms with Crippen LogP contribution in [0.3, 0.4) is 0 Å². The first-order chi connectivity index (χ1) is 14.7. The van der Waals surface area contributed by atoms with E-state index < -0.39 is 70.8 Å². The summed E-state index contributed by atoms with van der Waals surface area (Å²) in [5.41, 5.74) is -1.95. The molecule has 0 spiro atoms. The van der Waals surface area contributed by atoms with Gasteiger partial charge in [0, 0.05) is 0 Å². The fraction of sp³-hybridized carbons (Fsp3) is 0.375. The maximum absolute atomic E-state index is 14.2. The number of allylic oxidation sites excluding steroid dienone is 2. The van der Waals surface area contributed by atoms with E-state index in [-0.39, 0.29) is 0 Å². The average molecular weight is 527 g/mol. The van der Waals surface area contributed by atoms with E-state index in [1.165, 1.54) is 0 Å². The van der Waals surface area contributed by atoms with Crippen molar-refractivity contribution in [2.75, 3.05) is 7.05 Å². The van der Waals surface area contributed by atoms with Gasteiger partial charge in [-0.15, -0.1) is 0 Å². The molecule has 0 unspecified atom stereocenters.